The van der Waals surface area contributed by atoms with Gasteiger partial charge in [0.1, 0.15) is 5.82 Å². The molecule has 29 heavy (non-hydrogen) atoms. The number of likely N-dealkylation sites (tertiary alicyclic amines) is 3. The molecular weight excluding hydrogens is 360 g/mol. The number of hydrogen-bond donors (Lipinski definition) is 1. The van der Waals surface area contributed by atoms with E-state index in [1.165, 1.54) is 38.9 Å². The van der Waals surface area contributed by atoms with Crippen molar-refractivity contribution in [3.8, 4) is 6.07 Å². The molecule has 3 heterocycles. The predicted octanol–water partition coefficient (Wildman–Crippen LogP) is 3.26. The van der Waals surface area contributed by atoms with Gasteiger partial charge in [0.05, 0.1) is 12.6 Å². The van der Waals surface area contributed by atoms with Crippen molar-refractivity contribution < 1.29 is 0 Å². The minimum absolute atomic E-state index is 0.228. The normalized spacial score (nSPS) is 24.1. The monoisotopic (exact) mass is 398 g/mol. The van der Waals surface area contributed by atoms with E-state index in [-0.39, 0.29) is 5.70 Å². The number of rotatable bonds is 6. The van der Waals surface area contributed by atoms with E-state index >= 15 is 0 Å². The molecule has 0 amide bonds. The minimum Gasteiger partial charge on any atom is -0.377 e. The van der Waals surface area contributed by atoms with Crippen LogP contribution in [0.15, 0.2) is 11.5 Å². The third kappa shape index (κ3) is 6.11. The highest BCUT2D eigenvalue weighted by Gasteiger charge is 2.28. The lowest BCUT2D eigenvalue weighted by Gasteiger charge is -2.41. The van der Waals surface area contributed by atoms with Gasteiger partial charge >= 0.3 is 0 Å². The zero-order valence-corrected chi connectivity index (χ0v) is 18.4. The van der Waals surface area contributed by atoms with Gasteiger partial charge in [-0.25, -0.2) is 10.1 Å². The zero-order chi connectivity index (χ0) is 20.6. The van der Waals surface area contributed by atoms with Gasteiger partial charge in [-0.05, 0) is 71.4 Å². The zero-order valence-electron chi connectivity index (χ0n) is 18.4. The summed E-state index contributed by atoms with van der Waals surface area (Å²) in [5.41, 5.74) is 0.228. The Labute approximate surface area is 177 Å². The van der Waals surface area contributed by atoms with E-state index in [4.69, 9.17) is 6.57 Å². The standard InChI is InChI=1S/C23H38N6/c1-19(2)28-15-9-21(10-16-28)26-23(22(17-24)25-3)29-13-7-20(8-14-29)18-27-11-5-4-6-12-27/h19-21,26H,4-16,18H2,1-2H3/b23-22+. The molecule has 160 valence electrons. The van der Waals surface area contributed by atoms with Crippen LogP contribution in [0.3, 0.4) is 0 Å². The van der Waals surface area contributed by atoms with Crippen LogP contribution in [0.4, 0.5) is 0 Å². The lowest BCUT2D eigenvalue weighted by atomic mass is 9.95. The van der Waals surface area contributed by atoms with Crippen molar-refractivity contribution in [2.75, 3.05) is 45.8 Å². The van der Waals surface area contributed by atoms with Crippen LogP contribution in [0, 0.1) is 23.8 Å². The van der Waals surface area contributed by atoms with E-state index in [0.29, 0.717) is 12.1 Å². The van der Waals surface area contributed by atoms with Gasteiger partial charge in [-0.2, -0.15) is 0 Å². The maximum absolute atomic E-state index is 9.54. The van der Waals surface area contributed by atoms with Crippen LogP contribution in [0.2, 0.25) is 0 Å². The average Bonchev–Trinajstić information content (AvgIpc) is 2.75. The Kier molecular flexibility index (Phi) is 8.21. The Balaban J connectivity index is 1.55. The van der Waals surface area contributed by atoms with Crippen molar-refractivity contribution in [2.45, 2.75) is 70.9 Å². The molecule has 0 spiro atoms. The molecule has 0 atom stereocenters. The van der Waals surface area contributed by atoms with Gasteiger partial charge in [0.15, 0.2) is 0 Å². The van der Waals surface area contributed by atoms with Crippen molar-refractivity contribution in [3.05, 3.63) is 22.9 Å². The number of nitrogens with one attached hydrogen (secondary N) is 1. The maximum Gasteiger partial charge on any atom is 0.300 e. The molecule has 0 radical (unpaired) electrons. The largest absolute Gasteiger partial charge is 0.377 e. The summed E-state index contributed by atoms with van der Waals surface area (Å²) in [6.45, 7) is 19.8. The number of piperidine rings is 3. The van der Waals surface area contributed by atoms with Gasteiger partial charge in [-0.15, -0.1) is 0 Å². The van der Waals surface area contributed by atoms with Gasteiger partial charge in [-0.3, -0.25) is 0 Å². The molecule has 6 nitrogen and oxygen atoms in total. The van der Waals surface area contributed by atoms with E-state index in [0.717, 1.165) is 63.6 Å². The van der Waals surface area contributed by atoms with E-state index in [1.54, 1.807) is 0 Å². The summed E-state index contributed by atoms with van der Waals surface area (Å²) in [5.74, 6) is 1.54. The molecule has 3 fully saturated rings. The molecular formula is C23H38N6. The molecule has 3 rings (SSSR count). The summed E-state index contributed by atoms with van der Waals surface area (Å²) < 4.78 is 0. The fourth-order valence-electron chi connectivity index (χ4n) is 5.04. The summed E-state index contributed by atoms with van der Waals surface area (Å²) in [7, 11) is 0. The molecule has 3 aliphatic heterocycles. The van der Waals surface area contributed by atoms with Gasteiger partial charge in [0.2, 0.25) is 0 Å². The predicted molar refractivity (Wildman–Crippen MR) is 117 cm³/mol. The van der Waals surface area contributed by atoms with E-state index in [2.05, 4.69) is 44.8 Å². The Morgan fingerprint density at radius 3 is 2.24 bits per heavy atom. The highest BCUT2D eigenvalue weighted by atomic mass is 15.3. The Morgan fingerprint density at radius 2 is 1.69 bits per heavy atom. The lowest BCUT2D eigenvalue weighted by molar-refractivity contribution is 0.134. The van der Waals surface area contributed by atoms with Crippen LogP contribution >= 0.6 is 0 Å². The second-order valence-corrected chi connectivity index (χ2v) is 9.26. The Bertz CT molecular complexity index is 605. The van der Waals surface area contributed by atoms with Crippen LogP contribution in [-0.4, -0.2) is 72.6 Å². The van der Waals surface area contributed by atoms with E-state index in [9.17, 15) is 5.26 Å². The van der Waals surface area contributed by atoms with Gasteiger partial charge < -0.3 is 20.0 Å². The molecule has 0 aromatic rings. The highest BCUT2D eigenvalue weighted by molar-refractivity contribution is 5.32. The summed E-state index contributed by atoms with van der Waals surface area (Å²) >= 11 is 0. The first-order valence-corrected chi connectivity index (χ1v) is 11.6. The summed E-state index contributed by atoms with van der Waals surface area (Å²) in [6.07, 6.45) is 8.55. The fraction of sp³-hybridized carbons (Fsp3) is 0.826. The van der Waals surface area contributed by atoms with Gasteiger partial charge in [0.25, 0.3) is 5.70 Å². The summed E-state index contributed by atoms with van der Waals surface area (Å²) in [5, 5.41) is 13.2. The number of hydrogen-bond acceptors (Lipinski definition) is 5. The molecule has 0 aliphatic carbocycles. The van der Waals surface area contributed by atoms with E-state index < -0.39 is 0 Å². The SMILES string of the molecule is [C-]#[N+]/C(C#N)=C(\NC1CCN(C(C)C)CC1)N1CCC(CN2CCCCC2)CC1. The molecule has 0 bridgehead atoms. The van der Waals surface area contributed by atoms with Crippen LogP contribution < -0.4 is 5.32 Å². The third-order valence-electron chi connectivity index (χ3n) is 6.94. The second kappa shape index (κ2) is 10.9. The van der Waals surface area contributed by atoms with Crippen molar-refractivity contribution in [1.82, 2.24) is 20.0 Å². The molecule has 0 saturated carbocycles. The number of nitriles is 1. The number of allylic oxidation sites excluding steroid dienone is 1. The Hall–Kier alpha value is -1.76. The maximum atomic E-state index is 9.54. The molecule has 0 unspecified atom stereocenters. The van der Waals surface area contributed by atoms with Crippen LogP contribution in [-0.2, 0) is 0 Å². The van der Waals surface area contributed by atoms with Crippen molar-refractivity contribution in [1.29, 1.82) is 5.26 Å². The van der Waals surface area contributed by atoms with Gasteiger partial charge in [-0.1, -0.05) is 6.42 Å². The molecule has 1 N–H and O–H groups in total. The molecule has 3 aliphatic rings. The van der Waals surface area contributed by atoms with Crippen LogP contribution in [0.5, 0.6) is 0 Å². The molecule has 6 heteroatoms. The van der Waals surface area contributed by atoms with Crippen LogP contribution in [0.25, 0.3) is 4.85 Å². The smallest absolute Gasteiger partial charge is 0.300 e. The highest BCUT2D eigenvalue weighted by Crippen LogP contribution is 2.25. The first-order valence-electron chi connectivity index (χ1n) is 11.6. The minimum atomic E-state index is 0.228. The molecule has 3 saturated heterocycles. The number of nitrogens with zero attached hydrogens (tertiary/aromatic N) is 5. The Morgan fingerprint density at radius 1 is 1.03 bits per heavy atom. The first-order chi connectivity index (χ1) is 14.1. The first kappa shape index (κ1) is 21.9. The van der Waals surface area contributed by atoms with Crippen molar-refractivity contribution >= 4 is 0 Å². The summed E-state index contributed by atoms with van der Waals surface area (Å²) in [6, 6.07) is 3.09. The van der Waals surface area contributed by atoms with Crippen molar-refractivity contribution in [3.63, 3.8) is 0 Å². The quantitative estimate of drug-likeness (QED) is 0.550. The van der Waals surface area contributed by atoms with Gasteiger partial charge in [0, 0.05) is 44.8 Å². The van der Waals surface area contributed by atoms with E-state index in [1.807, 2.05) is 0 Å². The molecule has 0 aromatic heterocycles. The topological polar surface area (TPSA) is 49.9 Å². The second-order valence-electron chi connectivity index (χ2n) is 9.26. The lowest BCUT2D eigenvalue weighted by Crippen LogP contribution is -2.48. The molecule has 0 aromatic carbocycles. The van der Waals surface area contributed by atoms with Crippen LogP contribution in [0.1, 0.15) is 58.8 Å². The van der Waals surface area contributed by atoms with Crippen molar-refractivity contribution in [2.24, 2.45) is 5.92 Å². The summed E-state index contributed by atoms with van der Waals surface area (Å²) in [4.78, 5) is 11.0. The average molecular weight is 399 g/mol. The third-order valence-corrected chi connectivity index (χ3v) is 6.94. The fourth-order valence-corrected chi connectivity index (χ4v) is 5.04.